The number of rotatable bonds is 5. The first kappa shape index (κ1) is 15.8. The van der Waals surface area contributed by atoms with Crippen LogP contribution in [-0.2, 0) is 4.79 Å². The molecule has 0 saturated heterocycles. The fourth-order valence-electron chi connectivity index (χ4n) is 1.37. The van der Waals surface area contributed by atoms with E-state index in [1.165, 1.54) is 5.01 Å². The molecule has 106 valence electrons. The Balaban J connectivity index is 2.86. The van der Waals surface area contributed by atoms with Crippen LogP contribution in [0.5, 0.6) is 0 Å². The van der Waals surface area contributed by atoms with E-state index in [0.29, 0.717) is 5.11 Å². The first-order valence-corrected chi connectivity index (χ1v) is 6.32. The van der Waals surface area contributed by atoms with Gasteiger partial charge in [0.15, 0.2) is 5.11 Å². The molecule has 0 aliphatic heterocycles. The Morgan fingerprint density at radius 1 is 1.35 bits per heavy atom. The molecule has 0 aliphatic rings. The summed E-state index contributed by atoms with van der Waals surface area (Å²) in [4.78, 5) is 12.5. The van der Waals surface area contributed by atoms with Gasteiger partial charge in [-0.25, -0.2) is 5.01 Å². The number of benzene rings is 1. The van der Waals surface area contributed by atoms with Gasteiger partial charge in [0.05, 0.1) is 6.21 Å². The zero-order chi connectivity index (χ0) is 15.1. The van der Waals surface area contributed by atoms with Crippen molar-refractivity contribution in [1.82, 2.24) is 9.91 Å². The molecule has 0 heterocycles. The average Bonchev–Trinajstić information content (AvgIpc) is 2.42. The van der Waals surface area contributed by atoms with Crippen LogP contribution in [0, 0.1) is 0 Å². The largest absolute Gasteiger partial charge is 0.480 e. The quantitative estimate of drug-likeness (QED) is 0.510. The van der Waals surface area contributed by atoms with Crippen molar-refractivity contribution in [2.75, 3.05) is 20.6 Å². The summed E-state index contributed by atoms with van der Waals surface area (Å²) in [5, 5.41) is 14.6. The molecule has 0 saturated carbocycles. The molecule has 0 amide bonds. The third-order valence-electron chi connectivity index (χ3n) is 2.41. The summed E-state index contributed by atoms with van der Waals surface area (Å²) in [5.41, 5.74) is 1.86. The molecule has 0 unspecified atom stereocenters. The lowest BCUT2D eigenvalue weighted by Crippen LogP contribution is -2.38. The van der Waals surface area contributed by atoms with Crippen molar-refractivity contribution in [1.29, 1.82) is 0 Å². The first-order chi connectivity index (χ1) is 9.43. The molecule has 1 aromatic carbocycles. The molecule has 0 fully saturated rings. The standard InChI is InChI=1S/C14H17N3O2S/c1-4-11-5-7-12(8-6-11)9-15-17(10-13(18)19)14(20)16(2)3/h4-9H,1,10H2,2-3H3,(H,18,19). The smallest absolute Gasteiger partial charge is 0.325 e. The number of thiocarbonyl (C=S) groups is 1. The minimum absolute atomic E-state index is 0.280. The number of carboxylic acids is 1. The van der Waals surface area contributed by atoms with Crippen LogP contribution in [0.25, 0.3) is 6.08 Å². The predicted molar refractivity (Wildman–Crippen MR) is 84.8 cm³/mol. The van der Waals surface area contributed by atoms with Crippen LogP contribution in [0.1, 0.15) is 11.1 Å². The van der Waals surface area contributed by atoms with Gasteiger partial charge in [0.2, 0.25) is 0 Å². The third-order valence-corrected chi connectivity index (χ3v) is 2.98. The summed E-state index contributed by atoms with van der Waals surface area (Å²) in [5.74, 6) is -0.992. The molecule has 0 spiro atoms. The molecule has 0 atom stereocenters. The summed E-state index contributed by atoms with van der Waals surface area (Å²) in [6.45, 7) is 3.40. The summed E-state index contributed by atoms with van der Waals surface area (Å²) < 4.78 is 0. The Hall–Kier alpha value is -2.21. The van der Waals surface area contributed by atoms with Crippen molar-refractivity contribution in [3.8, 4) is 0 Å². The van der Waals surface area contributed by atoms with Crippen LogP contribution in [0.2, 0.25) is 0 Å². The topological polar surface area (TPSA) is 56.1 Å². The van der Waals surface area contributed by atoms with Crippen LogP contribution in [0.4, 0.5) is 0 Å². The van der Waals surface area contributed by atoms with E-state index in [-0.39, 0.29) is 6.54 Å². The number of hydrazone groups is 1. The van der Waals surface area contributed by atoms with E-state index in [1.807, 2.05) is 24.3 Å². The lowest BCUT2D eigenvalue weighted by atomic mass is 10.1. The average molecular weight is 291 g/mol. The first-order valence-electron chi connectivity index (χ1n) is 5.91. The Morgan fingerprint density at radius 2 is 1.90 bits per heavy atom. The maximum Gasteiger partial charge on any atom is 0.325 e. The van der Waals surface area contributed by atoms with Gasteiger partial charge in [0, 0.05) is 14.1 Å². The minimum atomic E-state index is -0.992. The molecule has 0 radical (unpaired) electrons. The maximum atomic E-state index is 10.8. The van der Waals surface area contributed by atoms with Crippen LogP contribution in [0.15, 0.2) is 35.9 Å². The highest BCUT2D eigenvalue weighted by molar-refractivity contribution is 7.80. The van der Waals surface area contributed by atoms with Gasteiger partial charge < -0.3 is 10.0 Å². The molecular formula is C14H17N3O2S. The molecule has 1 rings (SSSR count). The second-order valence-corrected chi connectivity index (χ2v) is 4.61. The van der Waals surface area contributed by atoms with Crippen molar-refractivity contribution in [3.05, 3.63) is 42.0 Å². The van der Waals surface area contributed by atoms with Gasteiger partial charge in [-0.2, -0.15) is 5.10 Å². The second-order valence-electron chi connectivity index (χ2n) is 4.24. The van der Waals surface area contributed by atoms with Gasteiger partial charge in [-0.15, -0.1) is 0 Å². The summed E-state index contributed by atoms with van der Waals surface area (Å²) in [7, 11) is 3.48. The molecule has 1 N–H and O–H groups in total. The maximum absolute atomic E-state index is 10.8. The summed E-state index contributed by atoms with van der Waals surface area (Å²) >= 11 is 5.13. The highest BCUT2D eigenvalue weighted by Gasteiger charge is 2.13. The van der Waals surface area contributed by atoms with Gasteiger partial charge in [-0.05, 0) is 23.3 Å². The van der Waals surface area contributed by atoms with Crippen molar-refractivity contribution in [3.63, 3.8) is 0 Å². The normalized spacial score (nSPS) is 10.3. The molecule has 0 aromatic heterocycles. The van der Waals surface area contributed by atoms with Crippen LogP contribution in [0.3, 0.4) is 0 Å². The Labute approximate surface area is 123 Å². The zero-order valence-electron chi connectivity index (χ0n) is 11.5. The molecule has 6 heteroatoms. The number of nitrogens with zero attached hydrogens (tertiary/aromatic N) is 3. The van der Waals surface area contributed by atoms with Gasteiger partial charge >= 0.3 is 5.97 Å². The lowest BCUT2D eigenvalue weighted by Gasteiger charge is -2.22. The fraction of sp³-hybridized carbons (Fsp3) is 0.214. The van der Waals surface area contributed by atoms with E-state index in [2.05, 4.69) is 11.7 Å². The minimum Gasteiger partial charge on any atom is -0.480 e. The van der Waals surface area contributed by atoms with Gasteiger partial charge in [0.25, 0.3) is 0 Å². The lowest BCUT2D eigenvalue weighted by molar-refractivity contribution is -0.137. The van der Waals surface area contributed by atoms with Crippen LogP contribution >= 0.6 is 12.2 Å². The van der Waals surface area contributed by atoms with Crippen molar-refractivity contribution in [2.45, 2.75) is 0 Å². The molecule has 20 heavy (non-hydrogen) atoms. The van der Waals surface area contributed by atoms with Crippen LogP contribution in [-0.4, -0.2) is 53.0 Å². The zero-order valence-corrected chi connectivity index (χ0v) is 12.3. The van der Waals surface area contributed by atoms with E-state index in [9.17, 15) is 4.79 Å². The number of carboxylic acid groups (broad SMARTS) is 1. The van der Waals surface area contributed by atoms with E-state index < -0.39 is 5.97 Å². The van der Waals surface area contributed by atoms with Gasteiger partial charge in [-0.3, -0.25) is 4.79 Å². The Kier molecular flexibility index (Phi) is 5.86. The highest BCUT2D eigenvalue weighted by Crippen LogP contribution is 2.04. The fourth-order valence-corrected chi connectivity index (χ4v) is 1.48. The highest BCUT2D eigenvalue weighted by atomic mass is 32.1. The number of carbonyl (C=O) groups is 1. The summed E-state index contributed by atoms with van der Waals surface area (Å²) in [6.07, 6.45) is 3.32. The Bertz CT molecular complexity index is 524. The van der Waals surface area contributed by atoms with Crippen molar-refractivity contribution < 1.29 is 9.90 Å². The number of hydrogen-bond acceptors (Lipinski definition) is 3. The third kappa shape index (κ3) is 4.81. The van der Waals surface area contributed by atoms with E-state index in [0.717, 1.165) is 11.1 Å². The van der Waals surface area contributed by atoms with Crippen LogP contribution < -0.4 is 0 Å². The van der Waals surface area contributed by atoms with E-state index in [4.69, 9.17) is 17.3 Å². The van der Waals surface area contributed by atoms with Crippen molar-refractivity contribution in [2.24, 2.45) is 5.10 Å². The number of hydrogen-bond donors (Lipinski definition) is 1. The predicted octanol–water partition coefficient (Wildman–Crippen LogP) is 1.90. The van der Waals surface area contributed by atoms with Gasteiger partial charge in [0.1, 0.15) is 6.54 Å². The van der Waals surface area contributed by atoms with E-state index >= 15 is 0 Å². The molecule has 0 aliphatic carbocycles. The monoisotopic (exact) mass is 291 g/mol. The summed E-state index contributed by atoms with van der Waals surface area (Å²) in [6, 6.07) is 7.55. The molecule has 1 aromatic rings. The van der Waals surface area contributed by atoms with E-state index in [1.54, 1.807) is 31.3 Å². The SMILES string of the molecule is C=Cc1ccc(C=NN(CC(=O)O)C(=S)N(C)C)cc1. The number of aliphatic carboxylic acids is 1. The van der Waals surface area contributed by atoms with Crippen molar-refractivity contribution >= 4 is 35.6 Å². The second kappa shape index (κ2) is 7.40. The Morgan fingerprint density at radius 3 is 2.35 bits per heavy atom. The molecule has 5 nitrogen and oxygen atoms in total. The molecular weight excluding hydrogens is 274 g/mol. The molecule has 0 bridgehead atoms. The van der Waals surface area contributed by atoms with Gasteiger partial charge in [-0.1, -0.05) is 36.9 Å².